The highest BCUT2D eigenvalue weighted by Crippen LogP contribution is 2.22. The molecular weight excluding hydrogens is 270 g/mol. The molecule has 110 valence electrons. The molecule has 2 aromatic rings. The van der Waals surface area contributed by atoms with Crippen molar-refractivity contribution in [3.8, 4) is 5.69 Å². The van der Waals surface area contributed by atoms with Crippen LogP contribution in [0.3, 0.4) is 0 Å². The smallest absolute Gasteiger partial charge is 0.254 e. The van der Waals surface area contributed by atoms with E-state index in [0.717, 1.165) is 5.69 Å². The Kier molecular flexibility index (Phi) is 3.42. The third-order valence-corrected chi connectivity index (χ3v) is 3.62. The van der Waals surface area contributed by atoms with Gasteiger partial charge in [-0.25, -0.2) is 4.68 Å². The Morgan fingerprint density at radius 3 is 2.67 bits per heavy atom. The summed E-state index contributed by atoms with van der Waals surface area (Å²) in [5.41, 5.74) is 1.18. The molecule has 0 spiro atoms. The average Bonchev–Trinajstić information content (AvgIpc) is 3.00. The number of nitrogens with zero attached hydrogens (tertiary/aromatic N) is 5. The number of rotatable bonds is 2. The van der Waals surface area contributed by atoms with Gasteiger partial charge in [0.15, 0.2) is 0 Å². The van der Waals surface area contributed by atoms with Crippen molar-refractivity contribution in [1.82, 2.24) is 25.1 Å². The zero-order valence-corrected chi connectivity index (χ0v) is 12.1. The van der Waals surface area contributed by atoms with Crippen molar-refractivity contribution >= 4 is 5.91 Å². The summed E-state index contributed by atoms with van der Waals surface area (Å²) in [7, 11) is 0. The molecular formula is C14H17N5O2. The van der Waals surface area contributed by atoms with Gasteiger partial charge in [0.1, 0.15) is 6.33 Å². The summed E-state index contributed by atoms with van der Waals surface area (Å²) >= 11 is 0. The SMILES string of the molecule is CC1(C)COCCN1C(=O)c1ccc(-n2cnnn2)cc1. The highest BCUT2D eigenvalue weighted by molar-refractivity contribution is 5.95. The molecule has 1 aromatic carbocycles. The van der Waals surface area contributed by atoms with Crippen LogP contribution in [0, 0.1) is 0 Å². The van der Waals surface area contributed by atoms with Crippen LogP contribution in [0.25, 0.3) is 5.69 Å². The van der Waals surface area contributed by atoms with E-state index in [0.29, 0.717) is 25.3 Å². The van der Waals surface area contributed by atoms with Crippen molar-refractivity contribution in [2.24, 2.45) is 0 Å². The molecule has 7 heteroatoms. The fraction of sp³-hybridized carbons (Fsp3) is 0.429. The van der Waals surface area contributed by atoms with Gasteiger partial charge in [-0.05, 0) is 48.5 Å². The van der Waals surface area contributed by atoms with Gasteiger partial charge in [-0.15, -0.1) is 5.10 Å². The summed E-state index contributed by atoms with van der Waals surface area (Å²) in [4.78, 5) is 14.5. The first-order chi connectivity index (χ1) is 10.1. The van der Waals surface area contributed by atoms with E-state index in [1.165, 1.54) is 6.33 Å². The van der Waals surface area contributed by atoms with Crippen LogP contribution in [0.2, 0.25) is 0 Å². The van der Waals surface area contributed by atoms with Gasteiger partial charge in [0.2, 0.25) is 0 Å². The topological polar surface area (TPSA) is 73.1 Å². The first-order valence-electron chi connectivity index (χ1n) is 6.81. The normalized spacial score (nSPS) is 17.7. The van der Waals surface area contributed by atoms with Crippen molar-refractivity contribution in [3.63, 3.8) is 0 Å². The number of tetrazole rings is 1. The standard InChI is InChI=1S/C14H17N5O2/c1-14(2)9-21-8-7-18(14)13(20)11-3-5-12(6-4-11)19-10-15-16-17-19/h3-6,10H,7-9H2,1-2H3. The van der Waals surface area contributed by atoms with Gasteiger partial charge >= 0.3 is 0 Å². The Balaban J connectivity index is 1.82. The number of hydrogen-bond donors (Lipinski definition) is 0. The van der Waals surface area contributed by atoms with Gasteiger partial charge in [-0.1, -0.05) is 0 Å². The summed E-state index contributed by atoms with van der Waals surface area (Å²) in [6.45, 7) is 5.78. The van der Waals surface area contributed by atoms with Gasteiger partial charge in [-0.2, -0.15) is 0 Å². The maximum Gasteiger partial charge on any atom is 0.254 e. The van der Waals surface area contributed by atoms with E-state index in [4.69, 9.17) is 4.74 Å². The highest BCUT2D eigenvalue weighted by atomic mass is 16.5. The third-order valence-electron chi connectivity index (χ3n) is 3.62. The number of hydrogen-bond acceptors (Lipinski definition) is 5. The highest BCUT2D eigenvalue weighted by Gasteiger charge is 2.34. The molecule has 0 saturated carbocycles. The van der Waals surface area contributed by atoms with Crippen molar-refractivity contribution in [2.75, 3.05) is 19.8 Å². The van der Waals surface area contributed by atoms with Gasteiger partial charge in [0.25, 0.3) is 5.91 Å². The summed E-state index contributed by atoms with van der Waals surface area (Å²) in [6.07, 6.45) is 1.52. The lowest BCUT2D eigenvalue weighted by atomic mass is 10.0. The molecule has 7 nitrogen and oxygen atoms in total. The zero-order chi connectivity index (χ0) is 14.9. The quantitative estimate of drug-likeness (QED) is 0.821. The molecule has 1 amide bonds. The Hall–Kier alpha value is -2.28. The van der Waals surface area contributed by atoms with Gasteiger partial charge in [-0.3, -0.25) is 4.79 Å². The second-order valence-corrected chi connectivity index (χ2v) is 5.62. The molecule has 1 aromatic heterocycles. The second-order valence-electron chi connectivity index (χ2n) is 5.62. The van der Waals surface area contributed by atoms with Gasteiger partial charge < -0.3 is 9.64 Å². The number of ether oxygens (including phenoxy) is 1. The first kappa shape index (κ1) is 13.7. The lowest BCUT2D eigenvalue weighted by Gasteiger charge is -2.42. The fourth-order valence-electron chi connectivity index (χ4n) is 2.43. The number of aromatic nitrogens is 4. The number of carbonyl (C=O) groups excluding carboxylic acids is 1. The fourth-order valence-corrected chi connectivity index (χ4v) is 2.43. The predicted molar refractivity (Wildman–Crippen MR) is 75.1 cm³/mol. The van der Waals surface area contributed by atoms with E-state index in [1.54, 1.807) is 16.8 Å². The lowest BCUT2D eigenvalue weighted by Crippen LogP contribution is -2.55. The minimum Gasteiger partial charge on any atom is -0.377 e. The number of carbonyl (C=O) groups is 1. The van der Waals surface area contributed by atoms with Crippen LogP contribution < -0.4 is 0 Å². The lowest BCUT2D eigenvalue weighted by molar-refractivity contribution is -0.0370. The predicted octanol–water partition coefficient (Wildman–Crippen LogP) is 0.913. The largest absolute Gasteiger partial charge is 0.377 e. The Bertz CT molecular complexity index is 621. The summed E-state index contributed by atoms with van der Waals surface area (Å²) in [6, 6.07) is 7.25. The van der Waals surface area contributed by atoms with Gasteiger partial charge in [0, 0.05) is 12.1 Å². The van der Waals surface area contributed by atoms with E-state index in [-0.39, 0.29) is 11.4 Å². The van der Waals surface area contributed by atoms with E-state index in [9.17, 15) is 4.79 Å². The molecule has 1 aliphatic rings. The van der Waals surface area contributed by atoms with Crippen LogP contribution in [-0.2, 0) is 4.74 Å². The zero-order valence-electron chi connectivity index (χ0n) is 12.1. The minimum atomic E-state index is -0.288. The van der Waals surface area contributed by atoms with Crippen LogP contribution in [0.1, 0.15) is 24.2 Å². The molecule has 0 bridgehead atoms. The van der Waals surface area contributed by atoms with Gasteiger partial charge in [0.05, 0.1) is 24.4 Å². The van der Waals surface area contributed by atoms with Crippen LogP contribution >= 0.6 is 0 Å². The van der Waals surface area contributed by atoms with Crippen LogP contribution in [-0.4, -0.2) is 56.3 Å². The molecule has 0 N–H and O–H groups in total. The Labute approximate surface area is 122 Å². The second kappa shape index (κ2) is 5.25. The van der Waals surface area contributed by atoms with Crippen molar-refractivity contribution in [2.45, 2.75) is 19.4 Å². The Morgan fingerprint density at radius 1 is 1.29 bits per heavy atom. The molecule has 3 rings (SSSR count). The molecule has 1 aliphatic heterocycles. The molecule has 0 atom stereocenters. The van der Waals surface area contributed by atoms with Crippen molar-refractivity contribution in [1.29, 1.82) is 0 Å². The summed E-state index contributed by atoms with van der Waals surface area (Å²) in [5, 5.41) is 11.0. The number of amides is 1. The van der Waals surface area contributed by atoms with Crippen LogP contribution in [0.5, 0.6) is 0 Å². The maximum atomic E-state index is 12.6. The summed E-state index contributed by atoms with van der Waals surface area (Å²) < 4.78 is 7.00. The molecule has 0 radical (unpaired) electrons. The average molecular weight is 287 g/mol. The Morgan fingerprint density at radius 2 is 2.05 bits per heavy atom. The maximum absolute atomic E-state index is 12.6. The third kappa shape index (κ3) is 2.64. The monoisotopic (exact) mass is 287 g/mol. The number of morpholine rings is 1. The number of benzene rings is 1. The molecule has 21 heavy (non-hydrogen) atoms. The van der Waals surface area contributed by atoms with E-state index in [1.807, 2.05) is 30.9 Å². The van der Waals surface area contributed by atoms with Crippen molar-refractivity contribution in [3.05, 3.63) is 36.2 Å². The molecule has 2 heterocycles. The molecule has 1 saturated heterocycles. The first-order valence-corrected chi connectivity index (χ1v) is 6.81. The van der Waals surface area contributed by atoms with Crippen LogP contribution in [0.4, 0.5) is 0 Å². The van der Waals surface area contributed by atoms with Crippen LogP contribution in [0.15, 0.2) is 30.6 Å². The van der Waals surface area contributed by atoms with Crippen molar-refractivity contribution < 1.29 is 9.53 Å². The van der Waals surface area contributed by atoms with E-state index >= 15 is 0 Å². The molecule has 0 unspecified atom stereocenters. The summed E-state index contributed by atoms with van der Waals surface area (Å²) in [5.74, 6) is 0.0200. The van der Waals surface area contributed by atoms with E-state index in [2.05, 4.69) is 15.5 Å². The molecule has 0 aliphatic carbocycles. The van der Waals surface area contributed by atoms with E-state index < -0.39 is 0 Å². The minimum absolute atomic E-state index is 0.0200. The molecule has 1 fully saturated rings.